The van der Waals surface area contributed by atoms with Crippen LogP contribution < -0.4 is 27.0 Å². The highest BCUT2D eigenvalue weighted by atomic mass is 16.6. The van der Waals surface area contributed by atoms with Crippen LogP contribution in [0.3, 0.4) is 0 Å². The van der Waals surface area contributed by atoms with E-state index in [0.29, 0.717) is 11.1 Å². The Bertz CT molecular complexity index is 2190. The minimum Gasteiger partial charge on any atom is -0.467 e. The number of esters is 2. The Morgan fingerprint density at radius 1 is 0.678 bits per heavy atom. The average Bonchev–Trinajstić information content (AvgIpc) is 3.15. The van der Waals surface area contributed by atoms with Crippen molar-refractivity contribution >= 4 is 58.0 Å². The standard InChI is InChI=1S/C44H52N6O9/c1-43(2,3)58-36(51)25-34(40(54)49-35(41(55)57-7)24-29-14-10-13-27-12-8-9-17-32(27)29)48-38(52)30-15-11-16-31(23-30)47-39(53)33(50-42(56)59-44(4,5)6)22-26-18-20-28(21-19-26)37(45)46/h8-21,23,33-35H,22,24-25H2,1-7H3,(H3,45,46)(H,47,53)(H,48,52)(H,49,54)(H,50,56)/t33-,34-,35-/m0/s1. The maximum Gasteiger partial charge on any atom is 0.408 e. The van der Waals surface area contributed by atoms with Gasteiger partial charge in [0.1, 0.15) is 35.2 Å². The van der Waals surface area contributed by atoms with E-state index in [1.54, 1.807) is 65.8 Å². The highest BCUT2D eigenvalue weighted by molar-refractivity contribution is 6.02. The predicted molar refractivity (Wildman–Crippen MR) is 223 cm³/mol. The number of benzene rings is 4. The van der Waals surface area contributed by atoms with Gasteiger partial charge >= 0.3 is 18.0 Å². The van der Waals surface area contributed by atoms with Gasteiger partial charge in [-0.15, -0.1) is 0 Å². The van der Waals surface area contributed by atoms with Crippen molar-refractivity contribution in [3.8, 4) is 0 Å². The number of amidine groups is 1. The van der Waals surface area contributed by atoms with E-state index < -0.39 is 71.5 Å². The van der Waals surface area contributed by atoms with Crippen LogP contribution in [0.4, 0.5) is 10.5 Å². The van der Waals surface area contributed by atoms with Gasteiger partial charge in [0.05, 0.1) is 13.5 Å². The monoisotopic (exact) mass is 808 g/mol. The quantitative estimate of drug-likeness (QED) is 0.0411. The number of fused-ring (bicyclic) bond motifs is 1. The molecule has 312 valence electrons. The Kier molecular flexibility index (Phi) is 14.9. The van der Waals surface area contributed by atoms with E-state index in [0.717, 1.165) is 16.3 Å². The van der Waals surface area contributed by atoms with Crippen molar-refractivity contribution < 1.29 is 43.0 Å². The molecule has 3 atom stereocenters. The lowest BCUT2D eigenvalue weighted by atomic mass is 9.98. The van der Waals surface area contributed by atoms with E-state index in [4.69, 9.17) is 25.4 Å². The van der Waals surface area contributed by atoms with E-state index in [-0.39, 0.29) is 29.9 Å². The molecule has 4 aromatic carbocycles. The van der Waals surface area contributed by atoms with Crippen molar-refractivity contribution in [2.24, 2.45) is 5.73 Å². The Morgan fingerprint density at radius 2 is 1.32 bits per heavy atom. The maximum absolute atomic E-state index is 13.9. The number of anilines is 1. The molecule has 0 aliphatic heterocycles. The smallest absolute Gasteiger partial charge is 0.408 e. The minimum atomic E-state index is -1.49. The Balaban J connectivity index is 1.56. The molecule has 4 amide bonds. The van der Waals surface area contributed by atoms with Crippen LogP contribution in [0, 0.1) is 5.41 Å². The summed E-state index contributed by atoms with van der Waals surface area (Å²) in [7, 11) is 1.19. The second-order valence-electron chi connectivity index (χ2n) is 15.8. The highest BCUT2D eigenvalue weighted by Crippen LogP contribution is 2.21. The molecular formula is C44H52N6O9. The highest BCUT2D eigenvalue weighted by Gasteiger charge is 2.32. The van der Waals surface area contributed by atoms with Crippen LogP contribution in [0.15, 0.2) is 91.0 Å². The molecule has 0 saturated heterocycles. The maximum atomic E-state index is 13.9. The molecule has 4 aromatic rings. The van der Waals surface area contributed by atoms with Crippen molar-refractivity contribution in [2.75, 3.05) is 12.4 Å². The molecule has 0 spiro atoms. The lowest BCUT2D eigenvalue weighted by molar-refractivity contribution is -0.156. The number of carbonyl (C=O) groups excluding carboxylic acids is 6. The molecule has 0 radical (unpaired) electrons. The van der Waals surface area contributed by atoms with Crippen molar-refractivity contribution in [1.29, 1.82) is 5.41 Å². The van der Waals surface area contributed by atoms with E-state index in [2.05, 4.69) is 21.3 Å². The predicted octanol–water partition coefficient (Wildman–Crippen LogP) is 4.93. The number of carbonyl (C=O) groups is 6. The van der Waals surface area contributed by atoms with Gasteiger partial charge in [-0.1, -0.05) is 72.8 Å². The fourth-order valence-corrected chi connectivity index (χ4v) is 5.98. The van der Waals surface area contributed by atoms with Gasteiger partial charge in [0.25, 0.3) is 5.91 Å². The number of nitrogens with one attached hydrogen (secondary N) is 5. The summed E-state index contributed by atoms with van der Waals surface area (Å²) in [6, 6.07) is 21.8. The normalized spacial score (nSPS) is 12.9. The minimum absolute atomic E-state index is 0.0153. The first-order chi connectivity index (χ1) is 27.7. The summed E-state index contributed by atoms with van der Waals surface area (Å²) in [5.41, 5.74) is 5.94. The Morgan fingerprint density at radius 3 is 1.97 bits per heavy atom. The number of methoxy groups -OCH3 is 1. The summed E-state index contributed by atoms with van der Waals surface area (Å²) in [6.07, 6.45) is -1.30. The molecule has 0 bridgehead atoms. The van der Waals surface area contributed by atoms with Crippen LogP contribution in [0.25, 0.3) is 10.8 Å². The number of nitrogen functional groups attached to an aromatic ring is 1. The molecule has 15 nitrogen and oxygen atoms in total. The van der Waals surface area contributed by atoms with Gasteiger partial charge in [-0.25, -0.2) is 9.59 Å². The summed E-state index contributed by atoms with van der Waals surface area (Å²) in [4.78, 5) is 80.2. The third kappa shape index (κ3) is 14.0. The molecule has 0 saturated carbocycles. The van der Waals surface area contributed by atoms with Crippen LogP contribution in [-0.2, 0) is 46.2 Å². The van der Waals surface area contributed by atoms with E-state index in [1.807, 2.05) is 42.5 Å². The van der Waals surface area contributed by atoms with Crippen molar-refractivity contribution in [1.82, 2.24) is 16.0 Å². The Hall–Kier alpha value is -6.77. The lowest BCUT2D eigenvalue weighted by Gasteiger charge is -2.24. The van der Waals surface area contributed by atoms with Gasteiger partial charge < -0.3 is 41.2 Å². The van der Waals surface area contributed by atoms with Crippen LogP contribution in [0.5, 0.6) is 0 Å². The van der Waals surface area contributed by atoms with Crippen molar-refractivity contribution in [3.05, 3.63) is 113 Å². The topological polar surface area (TPSA) is 228 Å². The summed E-state index contributed by atoms with van der Waals surface area (Å²) in [5.74, 6) is -3.88. The van der Waals surface area contributed by atoms with Gasteiger partial charge in [0.2, 0.25) is 11.8 Å². The summed E-state index contributed by atoms with van der Waals surface area (Å²) in [6.45, 7) is 10.0. The van der Waals surface area contributed by atoms with Crippen LogP contribution in [0.1, 0.15) is 75.0 Å². The summed E-state index contributed by atoms with van der Waals surface area (Å²) >= 11 is 0. The molecule has 59 heavy (non-hydrogen) atoms. The SMILES string of the molecule is COC(=O)[C@H](Cc1cccc2ccccc12)NC(=O)[C@H](CC(=O)OC(C)(C)C)NC(=O)c1cccc(NC(=O)[C@H](Cc2ccc(C(=N)N)cc2)NC(=O)OC(C)(C)C)c1. The third-order valence-corrected chi connectivity index (χ3v) is 8.62. The van der Waals surface area contributed by atoms with Gasteiger partial charge in [0.15, 0.2) is 0 Å². The summed E-state index contributed by atoms with van der Waals surface area (Å²) in [5, 5.41) is 20.0. The molecule has 0 aliphatic rings. The third-order valence-electron chi connectivity index (χ3n) is 8.62. The summed E-state index contributed by atoms with van der Waals surface area (Å²) < 4.78 is 15.9. The Labute approximate surface area is 343 Å². The van der Waals surface area contributed by atoms with Crippen molar-refractivity contribution in [2.45, 2.75) is 90.1 Å². The first kappa shape index (κ1) is 44.9. The van der Waals surface area contributed by atoms with Gasteiger partial charge in [-0.3, -0.25) is 24.6 Å². The molecule has 0 fully saturated rings. The number of ether oxygens (including phenoxy) is 3. The van der Waals surface area contributed by atoms with Gasteiger partial charge in [-0.05, 0) is 81.6 Å². The zero-order chi connectivity index (χ0) is 43.5. The zero-order valence-corrected chi connectivity index (χ0v) is 34.3. The number of alkyl carbamates (subject to hydrolysis) is 1. The number of rotatable bonds is 15. The lowest BCUT2D eigenvalue weighted by Crippen LogP contribution is -2.53. The zero-order valence-electron chi connectivity index (χ0n) is 34.3. The first-order valence-corrected chi connectivity index (χ1v) is 18.9. The van der Waals surface area contributed by atoms with E-state index in [9.17, 15) is 28.8 Å². The molecule has 0 heterocycles. The average molecular weight is 809 g/mol. The largest absolute Gasteiger partial charge is 0.467 e. The number of hydrogen-bond acceptors (Lipinski definition) is 10. The fraction of sp³-hybridized carbons (Fsp3) is 0.341. The second kappa shape index (κ2) is 19.6. The fourth-order valence-electron chi connectivity index (χ4n) is 5.98. The first-order valence-electron chi connectivity index (χ1n) is 18.9. The van der Waals surface area contributed by atoms with Crippen molar-refractivity contribution in [3.63, 3.8) is 0 Å². The van der Waals surface area contributed by atoms with Gasteiger partial charge in [0, 0.05) is 29.7 Å². The number of hydrogen-bond donors (Lipinski definition) is 6. The van der Waals surface area contributed by atoms with E-state index in [1.165, 1.54) is 31.4 Å². The molecule has 4 rings (SSSR count). The number of nitrogens with two attached hydrogens (primary N) is 1. The van der Waals surface area contributed by atoms with Crippen LogP contribution >= 0.6 is 0 Å². The molecule has 15 heteroatoms. The van der Waals surface area contributed by atoms with Crippen LogP contribution in [-0.4, -0.2) is 78.0 Å². The van der Waals surface area contributed by atoms with E-state index >= 15 is 0 Å². The van der Waals surface area contributed by atoms with Gasteiger partial charge in [-0.2, -0.15) is 0 Å². The molecule has 0 aliphatic carbocycles. The molecule has 7 N–H and O–H groups in total. The number of amides is 4. The van der Waals surface area contributed by atoms with Crippen LogP contribution in [0.2, 0.25) is 0 Å². The second-order valence-corrected chi connectivity index (χ2v) is 15.8. The molecule has 0 unspecified atom stereocenters. The molecular weight excluding hydrogens is 757 g/mol. The molecule has 0 aromatic heterocycles.